The van der Waals surface area contributed by atoms with Crippen LogP contribution in [0.5, 0.6) is 0 Å². The Morgan fingerprint density at radius 1 is 1.37 bits per heavy atom. The molecule has 0 aromatic carbocycles. The number of aromatic nitrogens is 3. The van der Waals surface area contributed by atoms with Gasteiger partial charge in [-0.2, -0.15) is 0 Å². The van der Waals surface area contributed by atoms with Gasteiger partial charge in [-0.25, -0.2) is 4.98 Å². The van der Waals surface area contributed by atoms with Crippen LogP contribution in [0.2, 0.25) is 0 Å². The van der Waals surface area contributed by atoms with E-state index < -0.39 is 0 Å². The van der Waals surface area contributed by atoms with Crippen LogP contribution in [0, 0.1) is 6.92 Å². The van der Waals surface area contributed by atoms with E-state index in [0.717, 1.165) is 12.8 Å². The van der Waals surface area contributed by atoms with Crippen molar-refractivity contribution in [3.8, 4) is 0 Å². The Kier molecular flexibility index (Phi) is 6.47. The van der Waals surface area contributed by atoms with Gasteiger partial charge in [-0.1, -0.05) is 22.7 Å². The summed E-state index contributed by atoms with van der Waals surface area (Å²) >= 11 is 2.43. The third kappa shape index (κ3) is 4.86. The fraction of sp³-hybridized carbons (Fsp3) is 0.562. The number of rotatable bonds is 7. The number of aryl methyl sites for hydroxylation is 1. The summed E-state index contributed by atoms with van der Waals surface area (Å²) in [6.07, 6.45) is 1.92. The Morgan fingerprint density at radius 2 is 2.19 bits per heavy atom. The molecular weight excluding hydrogens is 390 g/mol. The van der Waals surface area contributed by atoms with Crippen LogP contribution in [0.4, 0.5) is 10.3 Å². The van der Waals surface area contributed by atoms with Crippen molar-refractivity contribution in [1.82, 2.24) is 15.2 Å². The second-order valence-electron chi connectivity index (χ2n) is 6.06. The van der Waals surface area contributed by atoms with Gasteiger partial charge in [0.05, 0.1) is 18.3 Å². The van der Waals surface area contributed by atoms with Crippen molar-refractivity contribution in [2.75, 3.05) is 30.5 Å². The number of hydrogen-bond donors (Lipinski definition) is 1. The zero-order chi connectivity index (χ0) is 19.4. The van der Waals surface area contributed by atoms with Crippen molar-refractivity contribution in [2.24, 2.45) is 0 Å². The van der Waals surface area contributed by atoms with Crippen molar-refractivity contribution < 1.29 is 19.1 Å². The lowest BCUT2D eigenvalue weighted by Crippen LogP contribution is -2.35. The van der Waals surface area contributed by atoms with Gasteiger partial charge in [0.15, 0.2) is 5.13 Å². The Bertz CT molecular complexity index is 816. The van der Waals surface area contributed by atoms with Gasteiger partial charge in [0.1, 0.15) is 16.5 Å². The lowest BCUT2D eigenvalue weighted by molar-refractivity contribution is -0.116. The van der Waals surface area contributed by atoms with Gasteiger partial charge in [-0.3, -0.25) is 19.8 Å². The largest absolute Gasteiger partial charge is 0.377 e. The van der Waals surface area contributed by atoms with E-state index in [2.05, 4.69) is 20.5 Å². The molecule has 1 saturated heterocycles. The molecule has 3 heterocycles. The Morgan fingerprint density at radius 3 is 2.85 bits per heavy atom. The van der Waals surface area contributed by atoms with Crippen LogP contribution in [0.25, 0.3) is 0 Å². The molecule has 0 radical (unpaired) electrons. The summed E-state index contributed by atoms with van der Waals surface area (Å²) in [5.41, 5.74) is 0.563. The molecule has 3 rings (SSSR count). The number of amides is 2. The van der Waals surface area contributed by atoms with Gasteiger partial charge >= 0.3 is 0 Å². The molecule has 2 amide bonds. The van der Waals surface area contributed by atoms with Gasteiger partial charge in [0.25, 0.3) is 5.91 Å². The number of carbonyl (C=O) groups excluding carboxylic acids is 2. The second-order valence-corrected chi connectivity index (χ2v) is 8.10. The lowest BCUT2D eigenvalue weighted by Gasteiger charge is -2.21. The average Bonchev–Trinajstić information content (AvgIpc) is 3.34. The molecule has 1 N–H and O–H groups in total. The van der Waals surface area contributed by atoms with Crippen molar-refractivity contribution in [3.63, 3.8) is 0 Å². The maximum Gasteiger partial charge on any atom is 0.269 e. The van der Waals surface area contributed by atoms with Gasteiger partial charge < -0.3 is 9.47 Å². The first-order chi connectivity index (χ1) is 13.0. The molecular formula is C16H21N5O4S2. The predicted octanol–water partition coefficient (Wildman–Crippen LogP) is 2.23. The van der Waals surface area contributed by atoms with E-state index in [4.69, 9.17) is 9.47 Å². The van der Waals surface area contributed by atoms with E-state index in [9.17, 15) is 9.59 Å². The molecule has 1 atom stereocenters. The zero-order valence-electron chi connectivity index (χ0n) is 15.4. The molecule has 2 aromatic heterocycles. The monoisotopic (exact) mass is 411 g/mol. The summed E-state index contributed by atoms with van der Waals surface area (Å²) in [5.74, 6) is -0.448. The number of carbonyl (C=O) groups is 2. The van der Waals surface area contributed by atoms with Crippen LogP contribution < -0.4 is 10.2 Å². The summed E-state index contributed by atoms with van der Waals surface area (Å²) in [4.78, 5) is 31.1. The summed E-state index contributed by atoms with van der Waals surface area (Å²) in [6.45, 7) is 4.74. The SMILES string of the molecule is COCc1nnc(NC(=O)c2sc(N(C[C@@H]3CCCO3)C(C)=O)nc2C)s1. The summed E-state index contributed by atoms with van der Waals surface area (Å²) in [6, 6.07) is 0. The highest BCUT2D eigenvalue weighted by Gasteiger charge is 2.26. The van der Waals surface area contributed by atoms with E-state index in [1.165, 1.54) is 29.6 Å². The quantitative estimate of drug-likeness (QED) is 0.744. The van der Waals surface area contributed by atoms with Gasteiger partial charge in [0.2, 0.25) is 11.0 Å². The second kappa shape index (κ2) is 8.83. The summed E-state index contributed by atoms with van der Waals surface area (Å²) < 4.78 is 10.6. The minimum Gasteiger partial charge on any atom is -0.377 e. The van der Waals surface area contributed by atoms with E-state index in [1.807, 2.05) is 0 Å². The Balaban J connectivity index is 1.73. The Hall–Kier alpha value is -1.95. The van der Waals surface area contributed by atoms with Crippen LogP contribution in [0.15, 0.2) is 0 Å². The van der Waals surface area contributed by atoms with Crippen LogP contribution in [-0.4, -0.2) is 53.4 Å². The molecule has 1 fully saturated rings. The molecule has 27 heavy (non-hydrogen) atoms. The molecule has 0 unspecified atom stereocenters. The Labute approximate surface area is 164 Å². The van der Waals surface area contributed by atoms with Gasteiger partial charge in [-0.15, -0.1) is 10.2 Å². The number of thiazole rings is 1. The minimum absolute atomic E-state index is 0.0102. The molecule has 2 aromatic rings. The van der Waals surface area contributed by atoms with Crippen molar-refractivity contribution in [1.29, 1.82) is 0 Å². The average molecular weight is 412 g/mol. The van der Waals surface area contributed by atoms with Gasteiger partial charge in [-0.05, 0) is 19.8 Å². The fourth-order valence-electron chi connectivity index (χ4n) is 2.68. The maximum absolute atomic E-state index is 12.6. The number of ether oxygens (including phenoxy) is 2. The normalized spacial score (nSPS) is 16.5. The minimum atomic E-state index is -0.322. The topological polar surface area (TPSA) is 107 Å². The number of anilines is 2. The van der Waals surface area contributed by atoms with E-state index >= 15 is 0 Å². The third-order valence-electron chi connectivity index (χ3n) is 3.97. The molecule has 11 heteroatoms. The van der Waals surface area contributed by atoms with Crippen LogP contribution >= 0.6 is 22.7 Å². The summed E-state index contributed by atoms with van der Waals surface area (Å²) in [5, 5.41) is 12.2. The molecule has 0 spiro atoms. The first-order valence-corrected chi connectivity index (χ1v) is 10.1. The smallest absolute Gasteiger partial charge is 0.269 e. The molecule has 1 aliphatic heterocycles. The standard InChI is InChI=1S/C16H21N5O4S2/c1-9-13(14(23)18-15-20-19-12(26-15)8-24-3)27-16(17-9)21(10(2)22)7-11-5-4-6-25-11/h11H,4-8H2,1-3H3,(H,18,20,23)/t11-/m0/s1. The van der Waals surface area contributed by atoms with Crippen LogP contribution in [-0.2, 0) is 20.9 Å². The lowest BCUT2D eigenvalue weighted by atomic mass is 10.2. The first-order valence-electron chi connectivity index (χ1n) is 8.47. The van der Waals surface area contributed by atoms with Crippen LogP contribution in [0.1, 0.15) is 40.1 Å². The van der Waals surface area contributed by atoms with E-state index in [0.29, 0.717) is 45.6 Å². The van der Waals surface area contributed by atoms with Crippen molar-refractivity contribution in [3.05, 3.63) is 15.6 Å². The van der Waals surface area contributed by atoms with E-state index in [-0.39, 0.29) is 17.9 Å². The molecule has 0 aliphatic carbocycles. The predicted molar refractivity (Wildman–Crippen MR) is 102 cm³/mol. The third-order valence-corrected chi connectivity index (χ3v) is 5.96. The molecule has 0 bridgehead atoms. The highest BCUT2D eigenvalue weighted by atomic mass is 32.1. The first kappa shape index (κ1) is 19.8. The fourth-order valence-corrected chi connectivity index (χ4v) is 4.40. The number of hydrogen-bond acceptors (Lipinski definition) is 9. The maximum atomic E-state index is 12.6. The summed E-state index contributed by atoms with van der Waals surface area (Å²) in [7, 11) is 1.57. The van der Waals surface area contributed by atoms with Crippen molar-refractivity contribution in [2.45, 2.75) is 39.4 Å². The number of nitrogens with zero attached hydrogens (tertiary/aromatic N) is 4. The van der Waals surface area contributed by atoms with Gasteiger partial charge in [0, 0.05) is 20.6 Å². The molecule has 1 aliphatic rings. The highest BCUT2D eigenvalue weighted by molar-refractivity contribution is 7.18. The molecule has 0 saturated carbocycles. The number of methoxy groups -OCH3 is 1. The molecule has 9 nitrogen and oxygen atoms in total. The van der Waals surface area contributed by atoms with Crippen molar-refractivity contribution >= 4 is 44.8 Å². The number of nitrogens with one attached hydrogen (secondary N) is 1. The van der Waals surface area contributed by atoms with E-state index in [1.54, 1.807) is 18.9 Å². The highest BCUT2D eigenvalue weighted by Crippen LogP contribution is 2.29. The molecule has 146 valence electrons. The van der Waals surface area contributed by atoms with Crippen LogP contribution in [0.3, 0.4) is 0 Å². The zero-order valence-corrected chi connectivity index (χ0v) is 17.0.